The third-order valence-electron chi connectivity index (χ3n) is 2.72. The van der Waals surface area contributed by atoms with Crippen LogP contribution >= 0.6 is 27.5 Å². The second-order valence-electron chi connectivity index (χ2n) is 4.00. The van der Waals surface area contributed by atoms with Crippen molar-refractivity contribution in [3.8, 4) is 5.75 Å². The minimum absolute atomic E-state index is 0.0200. The summed E-state index contributed by atoms with van der Waals surface area (Å²) in [6, 6.07) is 7.30. The zero-order chi connectivity index (χ0) is 13.8. The van der Waals surface area contributed by atoms with Gasteiger partial charge in [0.15, 0.2) is 4.60 Å². The largest absolute Gasteiger partial charge is 0.491 e. The maximum atomic E-state index is 5.92. The first kappa shape index (κ1) is 14.3. The van der Waals surface area contributed by atoms with Crippen molar-refractivity contribution in [1.29, 1.82) is 0 Å². The zero-order valence-electron chi connectivity index (χ0n) is 10.6. The molecule has 0 radical (unpaired) electrons. The van der Waals surface area contributed by atoms with Crippen LogP contribution in [0.15, 0.2) is 28.9 Å². The highest BCUT2D eigenvalue weighted by Gasteiger charge is 2.19. The van der Waals surface area contributed by atoms with Crippen LogP contribution in [0.5, 0.6) is 5.75 Å². The predicted molar refractivity (Wildman–Crippen MR) is 77.5 cm³/mol. The highest BCUT2D eigenvalue weighted by atomic mass is 79.9. The van der Waals surface area contributed by atoms with Crippen LogP contribution in [-0.4, -0.2) is 28.6 Å². The van der Waals surface area contributed by atoms with Gasteiger partial charge in [0.25, 0.3) is 0 Å². The second-order valence-corrected chi connectivity index (χ2v) is 5.19. The number of aryl methyl sites for hydroxylation is 1. The minimum Gasteiger partial charge on any atom is -0.491 e. The maximum Gasteiger partial charge on any atom is 0.153 e. The van der Waals surface area contributed by atoms with E-state index in [1.54, 1.807) is 10.7 Å². The van der Waals surface area contributed by atoms with Crippen molar-refractivity contribution in [1.82, 2.24) is 20.3 Å². The number of likely N-dealkylation sites (N-methyl/N-ethyl adjacent to an activating group) is 1. The van der Waals surface area contributed by atoms with Gasteiger partial charge in [-0.15, -0.1) is 5.10 Å². The Morgan fingerprint density at radius 3 is 2.89 bits per heavy atom. The van der Waals surface area contributed by atoms with Crippen LogP contribution in [-0.2, 0) is 7.05 Å². The summed E-state index contributed by atoms with van der Waals surface area (Å²) in [6.45, 7) is 0.455. The molecule has 2 rings (SSSR count). The monoisotopic (exact) mass is 344 g/mol. The molecular weight excluding hydrogens is 332 g/mol. The normalized spacial score (nSPS) is 12.4. The fourth-order valence-electron chi connectivity index (χ4n) is 1.74. The van der Waals surface area contributed by atoms with E-state index in [2.05, 4.69) is 31.6 Å². The molecule has 0 spiro atoms. The number of ether oxygens (including phenoxy) is 1. The molecule has 0 bridgehead atoms. The molecule has 0 saturated carbocycles. The lowest BCUT2D eigenvalue weighted by molar-refractivity contribution is 0.266. The van der Waals surface area contributed by atoms with E-state index in [1.807, 2.05) is 32.3 Å². The molecule has 5 nitrogen and oxygen atoms in total. The average molecular weight is 346 g/mol. The number of hydrogen-bond donors (Lipinski definition) is 1. The van der Waals surface area contributed by atoms with Crippen molar-refractivity contribution in [3.63, 3.8) is 0 Å². The summed E-state index contributed by atoms with van der Waals surface area (Å²) >= 11 is 9.30. The van der Waals surface area contributed by atoms with E-state index < -0.39 is 0 Å². The maximum absolute atomic E-state index is 5.92. The van der Waals surface area contributed by atoms with Crippen LogP contribution in [0.4, 0.5) is 0 Å². The molecule has 1 heterocycles. The Bertz CT molecular complexity index is 541. The minimum atomic E-state index is -0.0200. The molecule has 0 fully saturated rings. The molecule has 7 heteroatoms. The lowest BCUT2D eigenvalue weighted by atomic mass is 10.2. The van der Waals surface area contributed by atoms with Gasteiger partial charge in [0.2, 0.25) is 0 Å². The van der Waals surface area contributed by atoms with E-state index in [-0.39, 0.29) is 6.04 Å². The van der Waals surface area contributed by atoms with Gasteiger partial charge >= 0.3 is 0 Å². The van der Waals surface area contributed by atoms with Gasteiger partial charge in [0, 0.05) is 12.1 Å². The molecule has 1 aromatic carbocycles. The molecule has 2 aromatic rings. The Kier molecular flexibility index (Phi) is 4.79. The summed E-state index contributed by atoms with van der Waals surface area (Å²) in [5.74, 6) is 0.735. The number of hydrogen-bond acceptors (Lipinski definition) is 4. The van der Waals surface area contributed by atoms with E-state index >= 15 is 0 Å². The molecule has 1 unspecified atom stereocenters. The highest BCUT2D eigenvalue weighted by Crippen LogP contribution is 2.22. The van der Waals surface area contributed by atoms with E-state index in [1.165, 1.54) is 0 Å². The second kappa shape index (κ2) is 6.36. The number of aromatic nitrogens is 3. The molecule has 102 valence electrons. The standard InChI is InChI=1S/C12H14BrClN4O/c1-15-10(11-12(13)16-17-18(11)2)7-19-9-5-3-4-8(14)6-9/h3-6,10,15H,7H2,1-2H3. The van der Waals surface area contributed by atoms with Gasteiger partial charge in [-0.25, -0.2) is 4.68 Å². The summed E-state index contributed by atoms with van der Waals surface area (Å²) in [5.41, 5.74) is 0.935. The molecule has 0 aliphatic carbocycles. The van der Waals surface area contributed by atoms with Crippen LogP contribution in [0.1, 0.15) is 11.7 Å². The van der Waals surface area contributed by atoms with Crippen molar-refractivity contribution in [2.45, 2.75) is 6.04 Å². The van der Waals surface area contributed by atoms with E-state index in [0.29, 0.717) is 16.2 Å². The number of nitrogens with zero attached hydrogens (tertiary/aromatic N) is 3. The van der Waals surface area contributed by atoms with Crippen molar-refractivity contribution in [2.75, 3.05) is 13.7 Å². The molecule has 0 saturated heterocycles. The molecular formula is C12H14BrClN4O. The number of benzene rings is 1. The van der Waals surface area contributed by atoms with Crippen molar-refractivity contribution >= 4 is 27.5 Å². The van der Waals surface area contributed by atoms with E-state index in [0.717, 1.165) is 11.4 Å². The first-order valence-electron chi connectivity index (χ1n) is 5.72. The molecule has 0 amide bonds. The first-order valence-corrected chi connectivity index (χ1v) is 6.89. The summed E-state index contributed by atoms with van der Waals surface area (Å²) in [4.78, 5) is 0. The molecule has 1 atom stereocenters. The van der Waals surface area contributed by atoms with Gasteiger partial charge in [-0.3, -0.25) is 0 Å². The van der Waals surface area contributed by atoms with Crippen LogP contribution in [0, 0.1) is 0 Å². The Balaban J connectivity index is 2.08. The van der Waals surface area contributed by atoms with Gasteiger partial charge in [-0.05, 0) is 41.2 Å². The van der Waals surface area contributed by atoms with Gasteiger partial charge in [-0.2, -0.15) is 0 Å². The fraction of sp³-hybridized carbons (Fsp3) is 0.333. The number of rotatable bonds is 5. The predicted octanol–water partition coefficient (Wildman–Crippen LogP) is 2.57. The first-order chi connectivity index (χ1) is 9.11. The van der Waals surface area contributed by atoms with Crippen molar-refractivity contribution in [3.05, 3.63) is 39.6 Å². The summed E-state index contributed by atoms with van der Waals surface area (Å²) in [7, 11) is 3.71. The van der Waals surface area contributed by atoms with Gasteiger partial charge in [0.1, 0.15) is 12.4 Å². The topological polar surface area (TPSA) is 52.0 Å². The quantitative estimate of drug-likeness (QED) is 0.905. The highest BCUT2D eigenvalue weighted by molar-refractivity contribution is 9.10. The van der Waals surface area contributed by atoms with Crippen LogP contribution in [0.3, 0.4) is 0 Å². The van der Waals surface area contributed by atoms with E-state index in [4.69, 9.17) is 16.3 Å². The molecule has 0 aliphatic rings. The fourth-order valence-corrected chi connectivity index (χ4v) is 2.53. The summed E-state index contributed by atoms with van der Waals surface area (Å²) in [6.07, 6.45) is 0. The van der Waals surface area contributed by atoms with Crippen LogP contribution in [0.25, 0.3) is 0 Å². The zero-order valence-corrected chi connectivity index (χ0v) is 12.9. The lowest BCUT2D eigenvalue weighted by Crippen LogP contribution is -2.26. The van der Waals surface area contributed by atoms with Gasteiger partial charge < -0.3 is 10.1 Å². The summed E-state index contributed by atoms with van der Waals surface area (Å²) in [5, 5.41) is 11.8. The number of nitrogens with one attached hydrogen (secondary N) is 1. The van der Waals surface area contributed by atoms with Crippen LogP contribution < -0.4 is 10.1 Å². The van der Waals surface area contributed by atoms with E-state index in [9.17, 15) is 0 Å². The Morgan fingerprint density at radius 1 is 1.53 bits per heavy atom. The molecule has 0 aliphatic heterocycles. The third kappa shape index (κ3) is 3.46. The third-order valence-corrected chi connectivity index (χ3v) is 3.52. The lowest BCUT2D eigenvalue weighted by Gasteiger charge is -2.17. The van der Waals surface area contributed by atoms with Crippen molar-refractivity contribution in [2.24, 2.45) is 7.05 Å². The number of halogens is 2. The Morgan fingerprint density at radius 2 is 2.32 bits per heavy atom. The van der Waals surface area contributed by atoms with Crippen LogP contribution in [0.2, 0.25) is 5.02 Å². The average Bonchev–Trinajstić information content (AvgIpc) is 2.71. The van der Waals surface area contributed by atoms with Gasteiger partial charge in [0.05, 0.1) is 11.7 Å². The smallest absolute Gasteiger partial charge is 0.153 e. The molecule has 19 heavy (non-hydrogen) atoms. The summed E-state index contributed by atoms with van der Waals surface area (Å²) < 4.78 is 8.16. The van der Waals surface area contributed by atoms with Crippen molar-refractivity contribution < 1.29 is 4.74 Å². The molecule has 1 aromatic heterocycles. The Labute approximate surface area is 125 Å². The van der Waals surface area contributed by atoms with Gasteiger partial charge in [-0.1, -0.05) is 22.9 Å². The molecule has 1 N–H and O–H groups in total. The Hall–Kier alpha value is -1.11. The SMILES string of the molecule is CNC(COc1cccc(Cl)c1)c1c(Br)nnn1C.